The summed E-state index contributed by atoms with van der Waals surface area (Å²) in [5.74, 6) is 1.03. The Kier molecular flexibility index (Phi) is 5.22. The van der Waals surface area contributed by atoms with Crippen LogP contribution in [0, 0.1) is 0 Å². The zero-order chi connectivity index (χ0) is 18.7. The van der Waals surface area contributed by atoms with E-state index in [1.165, 1.54) is 22.2 Å². The molecule has 0 aliphatic heterocycles. The Morgan fingerprint density at radius 1 is 1.31 bits per heavy atom. The molecule has 1 atom stereocenters. The number of hydrogen-bond donors (Lipinski definition) is 1. The van der Waals surface area contributed by atoms with Gasteiger partial charge < -0.3 is 14.8 Å². The minimum absolute atomic E-state index is 0.103. The number of methoxy groups -OCH3 is 2. The molecule has 3 rings (SSSR count). The fourth-order valence-corrected chi connectivity index (χ4v) is 3.43. The smallest absolute Gasteiger partial charge is 0.262 e. The van der Waals surface area contributed by atoms with Gasteiger partial charge in [-0.2, -0.15) is 0 Å². The van der Waals surface area contributed by atoms with E-state index in [2.05, 4.69) is 10.3 Å². The first-order chi connectivity index (χ1) is 12.5. The Labute approximate surface area is 154 Å². The van der Waals surface area contributed by atoms with Crippen LogP contribution in [0.1, 0.15) is 18.5 Å². The predicted octanol–water partition coefficient (Wildman–Crippen LogP) is 2.35. The average Bonchev–Trinajstić information content (AvgIpc) is 3.13. The molecular formula is C18H19N3O4S. The molecule has 1 amide bonds. The molecule has 1 N–H and O–H groups in total. The van der Waals surface area contributed by atoms with Crippen molar-refractivity contribution in [2.75, 3.05) is 14.2 Å². The number of thiophene rings is 1. The third kappa shape index (κ3) is 3.55. The summed E-state index contributed by atoms with van der Waals surface area (Å²) in [5, 5.41) is 5.21. The number of benzene rings is 1. The van der Waals surface area contributed by atoms with Crippen LogP contribution in [0.2, 0.25) is 0 Å². The second-order valence-corrected chi connectivity index (χ2v) is 6.61. The normalized spacial score (nSPS) is 12.0. The highest BCUT2D eigenvalue weighted by molar-refractivity contribution is 7.16. The molecule has 0 bridgehead atoms. The molecule has 3 aromatic rings. The Bertz CT molecular complexity index is 996. The first-order valence-electron chi connectivity index (χ1n) is 7.97. The van der Waals surface area contributed by atoms with Gasteiger partial charge in [0.05, 0.1) is 32.0 Å². The first kappa shape index (κ1) is 17.9. The van der Waals surface area contributed by atoms with Crippen molar-refractivity contribution in [1.29, 1.82) is 0 Å². The molecule has 0 saturated heterocycles. The average molecular weight is 373 g/mol. The summed E-state index contributed by atoms with van der Waals surface area (Å²) in [6, 6.07) is 6.79. The fraction of sp³-hybridized carbons (Fsp3) is 0.278. The maximum absolute atomic E-state index is 12.4. The Balaban J connectivity index is 1.77. The molecule has 26 heavy (non-hydrogen) atoms. The van der Waals surface area contributed by atoms with Crippen molar-refractivity contribution in [3.05, 3.63) is 51.9 Å². The van der Waals surface area contributed by atoms with E-state index in [0.29, 0.717) is 21.7 Å². The van der Waals surface area contributed by atoms with Gasteiger partial charge in [0.15, 0.2) is 0 Å². The largest absolute Gasteiger partial charge is 0.497 e. The van der Waals surface area contributed by atoms with Crippen molar-refractivity contribution in [1.82, 2.24) is 14.9 Å². The van der Waals surface area contributed by atoms with Crippen LogP contribution in [0.4, 0.5) is 0 Å². The van der Waals surface area contributed by atoms with E-state index < -0.39 is 0 Å². The lowest BCUT2D eigenvalue weighted by molar-refractivity contribution is -0.122. The van der Waals surface area contributed by atoms with Gasteiger partial charge in [-0.15, -0.1) is 11.3 Å². The highest BCUT2D eigenvalue weighted by Gasteiger charge is 2.16. The summed E-state index contributed by atoms with van der Waals surface area (Å²) < 4.78 is 11.9. The molecule has 0 spiro atoms. The van der Waals surface area contributed by atoms with Crippen LogP contribution >= 0.6 is 11.3 Å². The number of carbonyl (C=O) groups excluding carboxylic acids is 1. The quantitative estimate of drug-likeness (QED) is 0.717. The minimum atomic E-state index is -0.318. The number of rotatable bonds is 6. The standard InChI is InChI=1S/C18H19N3O4S/c1-11(14-8-12(24-2)4-5-15(14)25-3)20-16(22)9-21-10-19-17-13(18(21)23)6-7-26-17/h4-8,10-11H,9H2,1-3H3,(H,20,22). The van der Waals surface area contributed by atoms with Crippen molar-refractivity contribution in [2.24, 2.45) is 0 Å². The summed E-state index contributed by atoms with van der Waals surface area (Å²) in [4.78, 5) is 29.7. The van der Waals surface area contributed by atoms with Crippen LogP contribution in [-0.2, 0) is 11.3 Å². The van der Waals surface area contributed by atoms with Gasteiger partial charge in [0.2, 0.25) is 5.91 Å². The number of ether oxygens (including phenoxy) is 2. The summed E-state index contributed by atoms with van der Waals surface area (Å²) in [7, 11) is 3.15. The van der Waals surface area contributed by atoms with Crippen molar-refractivity contribution in [2.45, 2.75) is 19.5 Å². The zero-order valence-corrected chi connectivity index (χ0v) is 15.5. The van der Waals surface area contributed by atoms with Gasteiger partial charge in [0, 0.05) is 5.56 Å². The van der Waals surface area contributed by atoms with Crippen molar-refractivity contribution < 1.29 is 14.3 Å². The second kappa shape index (κ2) is 7.57. The number of nitrogens with zero attached hydrogens (tertiary/aromatic N) is 2. The molecule has 0 aliphatic rings. The molecule has 0 aliphatic carbocycles. The van der Waals surface area contributed by atoms with E-state index >= 15 is 0 Å². The molecule has 2 aromatic heterocycles. The van der Waals surface area contributed by atoms with Crippen LogP contribution in [-0.4, -0.2) is 29.7 Å². The lowest BCUT2D eigenvalue weighted by Crippen LogP contribution is -2.34. The molecule has 1 aromatic carbocycles. The summed E-state index contributed by atoms with van der Waals surface area (Å²) >= 11 is 1.39. The van der Waals surface area contributed by atoms with Gasteiger partial charge in [-0.25, -0.2) is 4.98 Å². The number of fused-ring (bicyclic) bond motifs is 1. The Hall–Kier alpha value is -2.87. The maximum Gasteiger partial charge on any atom is 0.262 e. The molecule has 7 nitrogen and oxygen atoms in total. The molecule has 8 heteroatoms. The third-order valence-electron chi connectivity index (χ3n) is 4.05. The fourth-order valence-electron chi connectivity index (χ4n) is 2.70. The minimum Gasteiger partial charge on any atom is -0.497 e. The van der Waals surface area contributed by atoms with Crippen LogP contribution in [0.25, 0.3) is 10.2 Å². The number of hydrogen-bond acceptors (Lipinski definition) is 6. The highest BCUT2D eigenvalue weighted by atomic mass is 32.1. The molecule has 2 heterocycles. The monoisotopic (exact) mass is 373 g/mol. The lowest BCUT2D eigenvalue weighted by atomic mass is 10.1. The summed E-state index contributed by atoms with van der Waals surface area (Å²) in [6.07, 6.45) is 1.40. The predicted molar refractivity (Wildman–Crippen MR) is 100.0 cm³/mol. The number of carbonyl (C=O) groups is 1. The van der Waals surface area contributed by atoms with Gasteiger partial charge >= 0.3 is 0 Å². The lowest BCUT2D eigenvalue weighted by Gasteiger charge is -2.18. The van der Waals surface area contributed by atoms with Gasteiger partial charge in [0.1, 0.15) is 22.9 Å². The van der Waals surface area contributed by atoms with E-state index in [1.54, 1.807) is 37.8 Å². The van der Waals surface area contributed by atoms with Crippen LogP contribution in [0.15, 0.2) is 40.8 Å². The topological polar surface area (TPSA) is 82.4 Å². The van der Waals surface area contributed by atoms with Gasteiger partial charge in [-0.05, 0) is 36.6 Å². The molecule has 1 unspecified atom stereocenters. The van der Waals surface area contributed by atoms with E-state index in [0.717, 1.165) is 5.56 Å². The van der Waals surface area contributed by atoms with Crippen LogP contribution < -0.4 is 20.3 Å². The van der Waals surface area contributed by atoms with E-state index in [9.17, 15) is 9.59 Å². The van der Waals surface area contributed by atoms with E-state index in [-0.39, 0.29) is 24.1 Å². The summed E-state index contributed by atoms with van der Waals surface area (Å²) in [6.45, 7) is 1.74. The third-order valence-corrected chi connectivity index (χ3v) is 4.87. The van der Waals surface area contributed by atoms with Crippen molar-refractivity contribution >= 4 is 27.5 Å². The van der Waals surface area contributed by atoms with Crippen molar-refractivity contribution in [3.63, 3.8) is 0 Å². The Morgan fingerprint density at radius 2 is 2.12 bits per heavy atom. The zero-order valence-electron chi connectivity index (χ0n) is 14.7. The SMILES string of the molecule is COc1ccc(OC)c(C(C)NC(=O)Cn2cnc3sccc3c2=O)c1. The second-order valence-electron chi connectivity index (χ2n) is 5.71. The van der Waals surface area contributed by atoms with Crippen LogP contribution in [0.5, 0.6) is 11.5 Å². The molecular weight excluding hydrogens is 354 g/mol. The maximum atomic E-state index is 12.4. The molecule has 0 saturated carbocycles. The number of nitrogens with one attached hydrogen (secondary N) is 1. The van der Waals surface area contributed by atoms with Crippen LogP contribution in [0.3, 0.4) is 0 Å². The Morgan fingerprint density at radius 3 is 2.85 bits per heavy atom. The van der Waals surface area contributed by atoms with E-state index in [1.807, 2.05) is 13.0 Å². The van der Waals surface area contributed by atoms with Crippen molar-refractivity contribution in [3.8, 4) is 11.5 Å². The first-order valence-corrected chi connectivity index (χ1v) is 8.85. The molecule has 0 radical (unpaired) electrons. The molecule has 136 valence electrons. The summed E-state index contributed by atoms with van der Waals surface area (Å²) in [5.41, 5.74) is 0.567. The van der Waals surface area contributed by atoms with Gasteiger partial charge in [-0.3, -0.25) is 14.2 Å². The number of amides is 1. The number of aromatic nitrogens is 2. The van der Waals surface area contributed by atoms with E-state index in [4.69, 9.17) is 9.47 Å². The molecule has 0 fully saturated rings. The van der Waals surface area contributed by atoms with Gasteiger partial charge in [-0.1, -0.05) is 0 Å². The van der Waals surface area contributed by atoms with Gasteiger partial charge in [0.25, 0.3) is 5.56 Å². The highest BCUT2D eigenvalue weighted by Crippen LogP contribution is 2.29.